The average molecular weight is 128 g/mol. The van der Waals surface area contributed by atoms with Gasteiger partial charge in [-0.15, -0.1) is 0 Å². The summed E-state index contributed by atoms with van der Waals surface area (Å²) in [5, 5.41) is 6.30. The Morgan fingerprint density at radius 2 is 2.67 bits per heavy atom. The molecule has 1 aliphatic heterocycles. The summed E-state index contributed by atoms with van der Waals surface area (Å²) in [6, 6.07) is 0.523. The van der Waals surface area contributed by atoms with Crippen LogP contribution in [-0.2, 0) is 4.79 Å². The van der Waals surface area contributed by atoms with E-state index in [2.05, 4.69) is 10.6 Å². The van der Waals surface area contributed by atoms with E-state index >= 15 is 0 Å². The lowest BCUT2D eigenvalue weighted by molar-refractivity contribution is -0.107. The molecule has 2 N–H and O–H groups in total. The monoisotopic (exact) mass is 128 g/mol. The van der Waals surface area contributed by atoms with Crippen LogP contribution in [0.1, 0.15) is 6.42 Å². The maximum atomic E-state index is 9.88. The van der Waals surface area contributed by atoms with Crippen molar-refractivity contribution in [2.24, 2.45) is 0 Å². The van der Waals surface area contributed by atoms with Gasteiger partial charge in [0.25, 0.3) is 0 Å². The maximum absolute atomic E-state index is 9.88. The summed E-state index contributed by atoms with van der Waals surface area (Å²) in [5.74, 6) is 0. The second kappa shape index (κ2) is 3.58. The van der Waals surface area contributed by atoms with Crippen LogP contribution in [0.25, 0.3) is 0 Å². The van der Waals surface area contributed by atoms with Crippen molar-refractivity contribution in [2.75, 3.05) is 19.6 Å². The van der Waals surface area contributed by atoms with E-state index in [-0.39, 0.29) is 0 Å². The minimum Gasteiger partial charge on any atom is -0.315 e. The highest BCUT2D eigenvalue weighted by molar-refractivity contribution is 5.51. The fraction of sp³-hybridized carbons (Fsp3) is 0.833. The Balaban J connectivity index is 2.04. The second-order valence-corrected chi connectivity index (χ2v) is 2.26. The molecule has 1 heterocycles. The van der Waals surface area contributed by atoms with Crippen molar-refractivity contribution in [3.8, 4) is 0 Å². The molecule has 0 aromatic heterocycles. The Morgan fingerprint density at radius 3 is 3.22 bits per heavy atom. The zero-order chi connectivity index (χ0) is 6.53. The van der Waals surface area contributed by atoms with E-state index < -0.39 is 0 Å². The Labute approximate surface area is 54.8 Å². The summed E-state index contributed by atoms with van der Waals surface area (Å²) in [5.41, 5.74) is 0. The number of carbonyl (C=O) groups excluding carboxylic acids is 1. The van der Waals surface area contributed by atoms with Gasteiger partial charge in [-0.25, -0.2) is 0 Å². The van der Waals surface area contributed by atoms with Crippen LogP contribution < -0.4 is 10.6 Å². The van der Waals surface area contributed by atoms with E-state index in [0.717, 1.165) is 25.8 Å². The Morgan fingerprint density at radius 1 is 1.78 bits per heavy atom. The minimum absolute atomic E-state index is 0.492. The van der Waals surface area contributed by atoms with Crippen LogP contribution in [0.15, 0.2) is 0 Å². The van der Waals surface area contributed by atoms with Crippen LogP contribution in [0.3, 0.4) is 0 Å². The SMILES string of the molecule is O=CCNC1CCNC1. The van der Waals surface area contributed by atoms with Crippen molar-refractivity contribution in [2.45, 2.75) is 12.5 Å². The molecule has 1 saturated heterocycles. The van der Waals surface area contributed by atoms with Gasteiger partial charge < -0.3 is 15.4 Å². The van der Waals surface area contributed by atoms with Crippen molar-refractivity contribution < 1.29 is 4.79 Å². The fourth-order valence-electron chi connectivity index (χ4n) is 1.04. The van der Waals surface area contributed by atoms with Gasteiger partial charge in [-0.2, -0.15) is 0 Å². The summed E-state index contributed by atoms with van der Waals surface area (Å²) >= 11 is 0. The topological polar surface area (TPSA) is 41.1 Å². The summed E-state index contributed by atoms with van der Waals surface area (Å²) in [6.07, 6.45) is 2.05. The molecule has 1 aliphatic rings. The van der Waals surface area contributed by atoms with Gasteiger partial charge in [0.05, 0.1) is 6.54 Å². The van der Waals surface area contributed by atoms with Gasteiger partial charge in [-0.1, -0.05) is 0 Å². The Hall–Kier alpha value is -0.410. The fourth-order valence-corrected chi connectivity index (χ4v) is 1.04. The van der Waals surface area contributed by atoms with Crippen LogP contribution in [0.2, 0.25) is 0 Å². The lowest BCUT2D eigenvalue weighted by Gasteiger charge is -2.05. The zero-order valence-corrected chi connectivity index (χ0v) is 5.39. The van der Waals surface area contributed by atoms with Gasteiger partial charge in [-0.3, -0.25) is 0 Å². The lowest BCUT2D eigenvalue weighted by Crippen LogP contribution is -2.32. The second-order valence-electron chi connectivity index (χ2n) is 2.26. The molecule has 1 rings (SSSR count). The Kier molecular flexibility index (Phi) is 2.67. The molecule has 0 saturated carbocycles. The average Bonchev–Trinajstić information content (AvgIpc) is 2.34. The molecule has 0 spiro atoms. The summed E-state index contributed by atoms with van der Waals surface area (Å²) in [6.45, 7) is 2.58. The predicted molar refractivity (Wildman–Crippen MR) is 35.3 cm³/mol. The molecule has 0 amide bonds. The van der Waals surface area contributed by atoms with Crippen molar-refractivity contribution in [1.82, 2.24) is 10.6 Å². The standard InChI is InChI=1S/C6H12N2O/c9-4-3-8-6-1-2-7-5-6/h4,6-8H,1-3,5H2. The minimum atomic E-state index is 0.492. The molecule has 0 aromatic rings. The van der Waals surface area contributed by atoms with Crippen LogP contribution in [0.4, 0.5) is 0 Å². The molecule has 0 bridgehead atoms. The van der Waals surface area contributed by atoms with Crippen molar-refractivity contribution in [1.29, 1.82) is 0 Å². The molecule has 0 radical (unpaired) electrons. The van der Waals surface area contributed by atoms with Crippen molar-refractivity contribution in [3.05, 3.63) is 0 Å². The van der Waals surface area contributed by atoms with E-state index in [1.165, 1.54) is 0 Å². The van der Waals surface area contributed by atoms with Crippen LogP contribution in [0, 0.1) is 0 Å². The third kappa shape index (κ3) is 2.11. The maximum Gasteiger partial charge on any atom is 0.133 e. The smallest absolute Gasteiger partial charge is 0.133 e. The summed E-state index contributed by atoms with van der Waals surface area (Å²) < 4.78 is 0. The van der Waals surface area contributed by atoms with E-state index in [0.29, 0.717) is 12.6 Å². The zero-order valence-electron chi connectivity index (χ0n) is 5.39. The highest BCUT2D eigenvalue weighted by Crippen LogP contribution is 1.94. The van der Waals surface area contributed by atoms with Gasteiger partial charge in [0.1, 0.15) is 6.29 Å². The Bertz CT molecular complexity index is 89.1. The first-order valence-corrected chi connectivity index (χ1v) is 3.31. The van der Waals surface area contributed by atoms with Crippen LogP contribution in [0.5, 0.6) is 0 Å². The molecule has 1 fully saturated rings. The largest absolute Gasteiger partial charge is 0.315 e. The summed E-state index contributed by atoms with van der Waals surface area (Å²) in [4.78, 5) is 9.88. The third-order valence-corrected chi connectivity index (χ3v) is 1.55. The third-order valence-electron chi connectivity index (χ3n) is 1.55. The number of hydrogen-bond acceptors (Lipinski definition) is 3. The molecule has 1 atom stereocenters. The molecule has 1 unspecified atom stereocenters. The van der Waals surface area contributed by atoms with Crippen LogP contribution in [-0.4, -0.2) is 32.0 Å². The molecule has 3 heteroatoms. The van der Waals surface area contributed by atoms with Gasteiger partial charge in [-0.05, 0) is 13.0 Å². The van der Waals surface area contributed by atoms with E-state index in [9.17, 15) is 4.79 Å². The number of rotatable bonds is 3. The van der Waals surface area contributed by atoms with Gasteiger partial charge in [0, 0.05) is 12.6 Å². The van der Waals surface area contributed by atoms with E-state index in [1.54, 1.807) is 0 Å². The molecule has 0 aliphatic carbocycles. The van der Waals surface area contributed by atoms with Gasteiger partial charge in [0.15, 0.2) is 0 Å². The lowest BCUT2D eigenvalue weighted by atomic mass is 10.3. The molecule has 3 nitrogen and oxygen atoms in total. The van der Waals surface area contributed by atoms with Crippen LogP contribution >= 0.6 is 0 Å². The number of hydrogen-bond donors (Lipinski definition) is 2. The quantitative estimate of drug-likeness (QED) is 0.486. The number of nitrogens with one attached hydrogen (secondary N) is 2. The van der Waals surface area contributed by atoms with E-state index in [4.69, 9.17) is 0 Å². The normalized spacial score (nSPS) is 26.4. The first-order valence-electron chi connectivity index (χ1n) is 3.31. The number of aldehydes is 1. The van der Waals surface area contributed by atoms with Crippen molar-refractivity contribution >= 4 is 6.29 Å². The molecule has 9 heavy (non-hydrogen) atoms. The molecular weight excluding hydrogens is 116 g/mol. The highest BCUT2D eigenvalue weighted by Gasteiger charge is 2.11. The molecule has 52 valence electrons. The summed E-state index contributed by atoms with van der Waals surface area (Å²) in [7, 11) is 0. The molecular formula is C6H12N2O. The first-order chi connectivity index (χ1) is 4.43. The van der Waals surface area contributed by atoms with E-state index in [1.807, 2.05) is 0 Å². The van der Waals surface area contributed by atoms with Crippen molar-refractivity contribution in [3.63, 3.8) is 0 Å². The van der Waals surface area contributed by atoms with Gasteiger partial charge in [0.2, 0.25) is 0 Å². The first kappa shape index (κ1) is 6.71. The van der Waals surface area contributed by atoms with Gasteiger partial charge >= 0.3 is 0 Å². The predicted octanol–water partition coefficient (Wildman–Crippen LogP) is -0.863. The molecule has 0 aromatic carbocycles. The highest BCUT2D eigenvalue weighted by atomic mass is 16.1. The number of carbonyl (C=O) groups is 1.